The Balaban J connectivity index is 2.01. The van der Waals surface area contributed by atoms with E-state index in [2.05, 4.69) is 15.1 Å². The Morgan fingerprint density at radius 3 is 2.55 bits per heavy atom. The Hall–Kier alpha value is -3.28. The van der Waals surface area contributed by atoms with Crippen LogP contribution in [0.4, 0.5) is 0 Å². The fraction of sp³-hybridized carbons (Fsp3) is 0. The van der Waals surface area contributed by atoms with Crippen molar-refractivity contribution in [3.05, 3.63) is 71.7 Å². The summed E-state index contributed by atoms with van der Waals surface area (Å²) < 4.78 is 6.79. The number of fused-ring (bicyclic) bond motifs is 1. The summed E-state index contributed by atoms with van der Waals surface area (Å²) in [6, 6.07) is 8.94. The number of nitrogens with zero attached hydrogens (tertiary/aromatic N) is 4. The molecular weight excluding hydrogens is 280 g/mol. The van der Waals surface area contributed by atoms with Crippen LogP contribution in [0.2, 0.25) is 0 Å². The van der Waals surface area contributed by atoms with Crippen LogP contribution in [-0.4, -0.2) is 19.7 Å². The first-order chi connectivity index (χ1) is 10.8. The van der Waals surface area contributed by atoms with Crippen LogP contribution in [-0.2, 0) is 0 Å². The van der Waals surface area contributed by atoms with Gasteiger partial charge in [-0.3, -0.25) is 19.3 Å². The van der Waals surface area contributed by atoms with Gasteiger partial charge in [0.05, 0.1) is 11.9 Å². The topological polar surface area (TPSA) is 73.8 Å². The van der Waals surface area contributed by atoms with E-state index in [9.17, 15) is 4.79 Å². The van der Waals surface area contributed by atoms with Gasteiger partial charge < -0.3 is 4.52 Å². The van der Waals surface area contributed by atoms with Gasteiger partial charge >= 0.3 is 0 Å². The third-order valence-electron chi connectivity index (χ3n) is 3.39. The third-order valence-corrected chi connectivity index (χ3v) is 3.39. The second kappa shape index (κ2) is 4.92. The molecule has 0 saturated heterocycles. The average molecular weight is 290 g/mol. The van der Waals surface area contributed by atoms with Gasteiger partial charge in [-0.1, -0.05) is 5.16 Å². The van der Waals surface area contributed by atoms with Gasteiger partial charge in [0.2, 0.25) is 0 Å². The van der Waals surface area contributed by atoms with Crippen molar-refractivity contribution in [1.82, 2.24) is 19.7 Å². The predicted molar refractivity (Wildman–Crippen MR) is 80.6 cm³/mol. The lowest BCUT2D eigenvalue weighted by Crippen LogP contribution is -2.17. The van der Waals surface area contributed by atoms with Crippen LogP contribution in [0.5, 0.6) is 0 Å². The van der Waals surface area contributed by atoms with E-state index in [1.807, 2.05) is 12.1 Å². The highest BCUT2D eigenvalue weighted by molar-refractivity contribution is 5.90. The lowest BCUT2D eigenvalue weighted by atomic mass is 10.1. The second-order valence-corrected chi connectivity index (χ2v) is 4.71. The molecule has 4 heterocycles. The number of hydrogen-bond donors (Lipinski definition) is 0. The van der Waals surface area contributed by atoms with Crippen LogP contribution in [0.15, 0.2) is 70.6 Å². The minimum Gasteiger partial charge on any atom is -0.355 e. The van der Waals surface area contributed by atoms with Crippen molar-refractivity contribution >= 4 is 11.0 Å². The predicted octanol–water partition coefficient (Wildman–Crippen LogP) is 2.44. The molecule has 0 bridgehead atoms. The molecule has 4 rings (SSSR count). The van der Waals surface area contributed by atoms with Gasteiger partial charge in [-0.25, -0.2) is 0 Å². The maximum absolute atomic E-state index is 12.8. The molecule has 0 unspecified atom stereocenters. The molecule has 4 aromatic rings. The number of rotatable bonds is 2. The summed E-state index contributed by atoms with van der Waals surface area (Å²) in [5, 5.41) is 4.45. The van der Waals surface area contributed by atoms with Crippen molar-refractivity contribution in [3.8, 4) is 16.9 Å². The average Bonchev–Trinajstić information content (AvgIpc) is 3.02. The fourth-order valence-electron chi connectivity index (χ4n) is 2.35. The first kappa shape index (κ1) is 12.5. The van der Waals surface area contributed by atoms with Gasteiger partial charge in [0.25, 0.3) is 5.56 Å². The summed E-state index contributed by atoms with van der Waals surface area (Å²) >= 11 is 0. The van der Waals surface area contributed by atoms with E-state index in [1.54, 1.807) is 49.2 Å². The Bertz CT molecular complexity index is 991. The minimum atomic E-state index is -0.203. The van der Waals surface area contributed by atoms with Crippen molar-refractivity contribution in [2.45, 2.75) is 0 Å². The summed E-state index contributed by atoms with van der Waals surface area (Å²) in [6.07, 6.45) is 8.26. The summed E-state index contributed by atoms with van der Waals surface area (Å²) in [4.78, 5) is 20.9. The van der Waals surface area contributed by atoms with E-state index in [4.69, 9.17) is 4.52 Å². The van der Waals surface area contributed by atoms with Crippen molar-refractivity contribution in [3.63, 3.8) is 0 Å². The van der Waals surface area contributed by atoms with Gasteiger partial charge in [0.1, 0.15) is 11.1 Å². The number of hydrogen-bond acceptors (Lipinski definition) is 5. The molecule has 6 heteroatoms. The fourth-order valence-corrected chi connectivity index (χ4v) is 2.35. The van der Waals surface area contributed by atoms with Crippen molar-refractivity contribution in [2.24, 2.45) is 0 Å². The van der Waals surface area contributed by atoms with E-state index in [-0.39, 0.29) is 5.56 Å². The molecule has 106 valence electrons. The van der Waals surface area contributed by atoms with Crippen LogP contribution in [0, 0.1) is 0 Å². The van der Waals surface area contributed by atoms with Crippen molar-refractivity contribution < 1.29 is 4.52 Å². The maximum atomic E-state index is 12.8. The van der Waals surface area contributed by atoms with E-state index < -0.39 is 0 Å². The quantitative estimate of drug-likeness (QED) is 0.567. The molecule has 0 spiro atoms. The van der Waals surface area contributed by atoms with Crippen LogP contribution in [0.3, 0.4) is 0 Å². The third kappa shape index (κ3) is 1.89. The van der Waals surface area contributed by atoms with Gasteiger partial charge in [-0.15, -0.1) is 0 Å². The van der Waals surface area contributed by atoms with E-state index in [0.29, 0.717) is 22.4 Å². The monoisotopic (exact) mass is 290 g/mol. The maximum Gasteiger partial charge on any atom is 0.268 e. The molecule has 0 aliphatic carbocycles. The molecule has 6 nitrogen and oxygen atoms in total. The zero-order chi connectivity index (χ0) is 14.9. The Labute approximate surface area is 124 Å². The minimum absolute atomic E-state index is 0.203. The molecule has 0 aromatic carbocycles. The molecule has 0 aliphatic heterocycles. The summed E-state index contributed by atoms with van der Waals surface area (Å²) in [5.41, 5.74) is 2.16. The van der Waals surface area contributed by atoms with E-state index in [0.717, 1.165) is 5.56 Å². The molecule has 0 fully saturated rings. The summed E-state index contributed by atoms with van der Waals surface area (Å²) in [5.74, 6) is 0. The standard InChI is InChI=1S/C16H10N4O2/c21-16-14-13(5-8-20(16)12-4-2-7-18-10-12)22-19-15(14)11-3-1-6-17-9-11/h1-10H. The Morgan fingerprint density at radius 2 is 1.82 bits per heavy atom. The first-order valence-corrected chi connectivity index (χ1v) is 6.66. The van der Waals surface area contributed by atoms with Gasteiger partial charge in [0.15, 0.2) is 5.58 Å². The molecule has 0 amide bonds. The van der Waals surface area contributed by atoms with Crippen LogP contribution < -0.4 is 5.56 Å². The van der Waals surface area contributed by atoms with Crippen LogP contribution in [0.1, 0.15) is 0 Å². The molecule has 0 N–H and O–H groups in total. The van der Waals surface area contributed by atoms with Gasteiger partial charge in [-0.2, -0.15) is 0 Å². The number of aromatic nitrogens is 4. The molecule has 0 aliphatic rings. The Morgan fingerprint density at radius 1 is 1.00 bits per heavy atom. The van der Waals surface area contributed by atoms with Gasteiger partial charge in [0, 0.05) is 36.4 Å². The van der Waals surface area contributed by atoms with E-state index >= 15 is 0 Å². The van der Waals surface area contributed by atoms with Crippen molar-refractivity contribution in [1.29, 1.82) is 0 Å². The summed E-state index contributed by atoms with van der Waals surface area (Å²) in [7, 11) is 0. The summed E-state index contributed by atoms with van der Waals surface area (Å²) in [6.45, 7) is 0. The molecule has 0 radical (unpaired) electrons. The van der Waals surface area contributed by atoms with Crippen molar-refractivity contribution in [2.75, 3.05) is 0 Å². The zero-order valence-corrected chi connectivity index (χ0v) is 11.4. The SMILES string of the molecule is O=c1c2c(-c3cccnc3)noc2ccn1-c1cccnc1. The molecule has 0 atom stereocenters. The lowest BCUT2D eigenvalue weighted by Gasteiger charge is -2.04. The van der Waals surface area contributed by atoms with Crippen LogP contribution >= 0.6 is 0 Å². The lowest BCUT2D eigenvalue weighted by molar-refractivity contribution is 0.459. The molecule has 22 heavy (non-hydrogen) atoms. The smallest absolute Gasteiger partial charge is 0.268 e. The highest BCUT2D eigenvalue weighted by atomic mass is 16.5. The number of pyridine rings is 3. The normalized spacial score (nSPS) is 10.9. The highest BCUT2D eigenvalue weighted by Crippen LogP contribution is 2.24. The highest BCUT2D eigenvalue weighted by Gasteiger charge is 2.16. The second-order valence-electron chi connectivity index (χ2n) is 4.71. The van der Waals surface area contributed by atoms with E-state index in [1.165, 1.54) is 4.57 Å². The zero-order valence-electron chi connectivity index (χ0n) is 11.4. The van der Waals surface area contributed by atoms with Gasteiger partial charge in [-0.05, 0) is 24.3 Å². The largest absolute Gasteiger partial charge is 0.355 e. The Kier molecular flexibility index (Phi) is 2.79. The van der Waals surface area contributed by atoms with Crippen LogP contribution in [0.25, 0.3) is 27.9 Å². The molecule has 0 saturated carbocycles. The first-order valence-electron chi connectivity index (χ1n) is 6.66. The molecular formula is C16H10N4O2. The molecule has 4 aromatic heterocycles.